The Morgan fingerprint density at radius 3 is 2.74 bits per heavy atom. The zero-order valence-corrected chi connectivity index (χ0v) is 19.0. The third kappa shape index (κ3) is 5.07. The van der Waals surface area contributed by atoms with Gasteiger partial charge in [-0.25, -0.2) is 8.42 Å². The summed E-state index contributed by atoms with van der Waals surface area (Å²) in [4.78, 5) is 3.43. The number of thiocarbonyl (C=S) groups is 1. The number of aromatic amines is 1. The summed E-state index contributed by atoms with van der Waals surface area (Å²) in [5.74, 6) is 0. The quantitative estimate of drug-likeness (QED) is 0.290. The Balaban J connectivity index is 1.49. The SMILES string of the molecule is O=S(=O)(c1ccc2[nH]cc(C=NNC(=S)Nc3cccc(Cl)c3)c2c1)N1CCCCC1. The second-order valence-corrected chi connectivity index (χ2v) is 10.0. The van der Waals surface area contributed by atoms with E-state index in [0.29, 0.717) is 28.1 Å². The molecule has 1 aliphatic rings. The molecule has 0 bridgehead atoms. The third-order valence-corrected chi connectivity index (χ3v) is 7.41. The summed E-state index contributed by atoms with van der Waals surface area (Å²) in [6.07, 6.45) is 6.25. The van der Waals surface area contributed by atoms with Gasteiger partial charge in [0.1, 0.15) is 0 Å². The first-order chi connectivity index (χ1) is 14.9. The van der Waals surface area contributed by atoms with E-state index in [4.69, 9.17) is 23.8 Å². The van der Waals surface area contributed by atoms with Crippen LogP contribution >= 0.6 is 23.8 Å². The van der Waals surface area contributed by atoms with E-state index in [1.54, 1.807) is 47.0 Å². The van der Waals surface area contributed by atoms with E-state index in [9.17, 15) is 8.42 Å². The molecule has 3 N–H and O–H groups in total. The van der Waals surface area contributed by atoms with Crippen LogP contribution in [0.2, 0.25) is 5.02 Å². The van der Waals surface area contributed by atoms with Gasteiger partial charge in [-0.15, -0.1) is 0 Å². The normalized spacial score (nSPS) is 15.4. The van der Waals surface area contributed by atoms with Crippen molar-refractivity contribution >= 4 is 61.8 Å². The first-order valence-electron chi connectivity index (χ1n) is 9.90. The summed E-state index contributed by atoms with van der Waals surface area (Å²) >= 11 is 11.2. The van der Waals surface area contributed by atoms with Crippen LogP contribution in [0.4, 0.5) is 5.69 Å². The van der Waals surface area contributed by atoms with Crippen molar-refractivity contribution < 1.29 is 8.42 Å². The van der Waals surface area contributed by atoms with Crippen LogP contribution in [-0.2, 0) is 10.0 Å². The number of benzene rings is 2. The van der Waals surface area contributed by atoms with Crippen LogP contribution in [0.15, 0.2) is 58.7 Å². The molecule has 0 saturated carbocycles. The number of aromatic nitrogens is 1. The van der Waals surface area contributed by atoms with Gasteiger partial charge >= 0.3 is 0 Å². The molecule has 31 heavy (non-hydrogen) atoms. The average molecular weight is 476 g/mol. The lowest BCUT2D eigenvalue weighted by Gasteiger charge is -2.25. The highest BCUT2D eigenvalue weighted by atomic mass is 35.5. The van der Waals surface area contributed by atoms with Gasteiger partial charge in [0.05, 0.1) is 11.1 Å². The van der Waals surface area contributed by atoms with E-state index in [0.717, 1.165) is 41.4 Å². The fourth-order valence-corrected chi connectivity index (χ4v) is 5.43. The molecule has 1 fully saturated rings. The van der Waals surface area contributed by atoms with Crippen LogP contribution in [0.3, 0.4) is 0 Å². The molecule has 0 amide bonds. The predicted molar refractivity (Wildman–Crippen MR) is 129 cm³/mol. The Morgan fingerprint density at radius 1 is 1.16 bits per heavy atom. The number of hydrogen-bond donors (Lipinski definition) is 3. The molecule has 10 heteroatoms. The maximum atomic E-state index is 13.0. The van der Waals surface area contributed by atoms with Crippen LogP contribution < -0.4 is 10.7 Å². The van der Waals surface area contributed by atoms with Gasteiger partial charge in [-0.05, 0) is 61.5 Å². The topological polar surface area (TPSA) is 89.6 Å². The Hall–Kier alpha value is -2.46. The van der Waals surface area contributed by atoms with Crippen molar-refractivity contribution in [1.29, 1.82) is 0 Å². The smallest absolute Gasteiger partial charge is 0.243 e. The van der Waals surface area contributed by atoms with Gasteiger partial charge in [0.15, 0.2) is 5.11 Å². The van der Waals surface area contributed by atoms with Crippen molar-refractivity contribution in [2.45, 2.75) is 24.2 Å². The van der Waals surface area contributed by atoms with Gasteiger partial charge in [0, 0.05) is 46.5 Å². The third-order valence-electron chi connectivity index (χ3n) is 5.09. The number of hydrogen-bond acceptors (Lipinski definition) is 4. The van der Waals surface area contributed by atoms with E-state index in [1.807, 2.05) is 12.1 Å². The zero-order chi connectivity index (χ0) is 21.8. The van der Waals surface area contributed by atoms with E-state index in [2.05, 4.69) is 20.8 Å². The van der Waals surface area contributed by atoms with Crippen LogP contribution in [0, 0.1) is 0 Å². The predicted octanol–water partition coefficient (Wildman–Crippen LogP) is 4.32. The Morgan fingerprint density at radius 2 is 1.97 bits per heavy atom. The summed E-state index contributed by atoms with van der Waals surface area (Å²) in [5.41, 5.74) is 5.09. The molecule has 0 atom stereocenters. The molecule has 2 aromatic carbocycles. The number of piperidine rings is 1. The number of hydrazone groups is 1. The molecule has 0 aliphatic carbocycles. The summed E-state index contributed by atoms with van der Waals surface area (Å²) in [5, 5.41) is 8.86. The minimum absolute atomic E-state index is 0.294. The van der Waals surface area contributed by atoms with E-state index >= 15 is 0 Å². The Bertz CT molecular complexity index is 1230. The number of nitrogens with one attached hydrogen (secondary N) is 3. The lowest BCUT2D eigenvalue weighted by molar-refractivity contribution is 0.346. The molecule has 1 saturated heterocycles. The number of fused-ring (bicyclic) bond motifs is 1. The second kappa shape index (κ2) is 9.35. The zero-order valence-electron chi connectivity index (χ0n) is 16.6. The monoisotopic (exact) mass is 475 g/mol. The van der Waals surface area contributed by atoms with Crippen molar-refractivity contribution in [3.05, 3.63) is 59.2 Å². The summed E-state index contributed by atoms with van der Waals surface area (Å²) in [7, 11) is -3.50. The lowest BCUT2D eigenvalue weighted by Crippen LogP contribution is -2.35. The summed E-state index contributed by atoms with van der Waals surface area (Å²) in [6, 6.07) is 12.3. The van der Waals surface area contributed by atoms with E-state index in [-0.39, 0.29) is 0 Å². The highest BCUT2D eigenvalue weighted by Gasteiger charge is 2.26. The standard InChI is InChI=1S/C21H22ClN5O2S2/c22-16-5-4-6-17(11-16)25-21(30)26-24-14-15-13-23-20-8-7-18(12-19(15)20)31(28,29)27-9-2-1-3-10-27/h4-8,11-14,23H,1-3,9-10H2,(H2,25,26,30). The first-order valence-corrected chi connectivity index (χ1v) is 12.1. The molecular formula is C21H22ClN5O2S2. The number of nitrogens with zero attached hydrogens (tertiary/aromatic N) is 2. The molecule has 162 valence electrons. The average Bonchev–Trinajstić information content (AvgIpc) is 3.17. The van der Waals surface area contributed by atoms with Crippen molar-refractivity contribution in [2.75, 3.05) is 18.4 Å². The van der Waals surface area contributed by atoms with Gasteiger partial charge in [-0.3, -0.25) is 5.43 Å². The number of H-pyrrole nitrogens is 1. The maximum Gasteiger partial charge on any atom is 0.243 e. The molecule has 4 rings (SSSR count). The summed E-state index contributed by atoms with van der Waals surface area (Å²) < 4.78 is 27.6. The molecule has 3 aromatic rings. The van der Waals surface area contributed by atoms with Crippen LogP contribution in [-0.4, -0.2) is 42.1 Å². The largest absolute Gasteiger partial charge is 0.361 e. The number of sulfonamides is 1. The maximum absolute atomic E-state index is 13.0. The fourth-order valence-electron chi connectivity index (χ4n) is 3.53. The van der Waals surface area contributed by atoms with Crippen molar-refractivity contribution in [3.8, 4) is 0 Å². The molecule has 1 aliphatic heterocycles. The molecule has 0 spiro atoms. The Kier molecular flexibility index (Phi) is 6.57. The van der Waals surface area contributed by atoms with Crippen LogP contribution in [0.25, 0.3) is 10.9 Å². The highest BCUT2D eigenvalue weighted by molar-refractivity contribution is 7.89. The minimum Gasteiger partial charge on any atom is -0.361 e. The van der Waals surface area contributed by atoms with Gasteiger partial charge in [0.25, 0.3) is 0 Å². The van der Waals surface area contributed by atoms with Crippen LogP contribution in [0.5, 0.6) is 0 Å². The van der Waals surface area contributed by atoms with Gasteiger partial charge in [0.2, 0.25) is 10.0 Å². The molecule has 0 unspecified atom stereocenters. The fraction of sp³-hybridized carbons (Fsp3) is 0.238. The number of halogens is 1. The molecule has 2 heterocycles. The second-order valence-electron chi connectivity index (χ2n) is 7.25. The molecule has 7 nitrogen and oxygen atoms in total. The van der Waals surface area contributed by atoms with Gasteiger partial charge in [-0.2, -0.15) is 9.41 Å². The van der Waals surface area contributed by atoms with E-state index in [1.165, 1.54) is 0 Å². The molecule has 1 aromatic heterocycles. The minimum atomic E-state index is -3.50. The first kappa shape index (κ1) is 21.8. The lowest BCUT2D eigenvalue weighted by atomic mass is 10.2. The van der Waals surface area contributed by atoms with Gasteiger partial charge < -0.3 is 10.3 Å². The number of anilines is 1. The van der Waals surface area contributed by atoms with Crippen molar-refractivity contribution in [2.24, 2.45) is 5.10 Å². The molecule has 0 radical (unpaired) electrons. The van der Waals surface area contributed by atoms with E-state index < -0.39 is 10.0 Å². The number of rotatable bonds is 5. The Labute approximate surface area is 191 Å². The van der Waals surface area contributed by atoms with Crippen molar-refractivity contribution in [3.63, 3.8) is 0 Å². The summed E-state index contributed by atoms with van der Waals surface area (Å²) in [6.45, 7) is 1.14. The van der Waals surface area contributed by atoms with Gasteiger partial charge in [-0.1, -0.05) is 24.1 Å². The van der Waals surface area contributed by atoms with Crippen LogP contribution in [0.1, 0.15) is 24.8 Å². The highest BCUT2D eigenvalue weighted by Crippen LogP contribution is 2.25. The molecular weight excluding hydrogens is 454 g/mol. The van der Waals surface area contributed by atoms with Crippen molar-refractivity contribution in [1.82, 2.24) is 14.7 Å².